The highest BCUT2D eigenvalue weighted by atomic mass is 35.5. The highest BCUT2D eigenvalue weighted by Crippen LogP contribution is 2.35. The third kappa shape index (κ3) is 4.66. The minimum atomic E-state index is -3.93. The number of hydrogen-bond acceptors (Lipinski definition) is 7. The molecule has 1 aromatic rings. The maximum atomic E-state index is 12.6. The van der Waals surface area contributed by atoms with E-state index in [-0.39, 0.29) is 27.4 Å². The lowest BCUT2D eigenvalue weighted by Gasteiger charge is -2.25. The molecule has 0 spiro atoms. The topological polar surface area (TPSA) is 110 Å². The second kappa shape index (κ2) is 8.38. The molecule has 0 amide bonds. The second-order valence-corrected chi connectivity index (χ2v) is 10.6. The summed E-state index contributed by atoms with van der Waals surface area (Å²) in [6, 6.07) is 1.29. The molecule has 8 nitrogen and oxygen atoms in total. The first-order valence-electron chi connectivity index (χ1n) is 7.60. The summed E-state index contributed by atoms with van der Waals surface area (Å²) in [5.41, 5.74) is 0.350. The Kier molecular flexibility index (Phi) is 6.88. The van der Waals surface area contributed by atoms with E-state index in [2.05, 4.69) is 4.90 Å². The number of ether oxygens (including phenoxy) is 1. The van der Waals surface area contributed by atoms with Crippen molar-refractivity contribution < 1.29 is 21.6 Å². The molecule has 3 heterocycles. The Morgan fingerprint density at radius 2 is 1.88 bits per heavy atom. The Morgan fingerprint density at radius 3 is 2.54 bits per heavy atom. The quantitative estimate of drug-likeness (QED) is 0.673. The molecule has 2 aliphatic rings. The number of rotatable bonds is 5. The largest absolute Gasteiger partial charge is 0.379 e. The van der Waals surface area contributed by atoms with Crippen LogP contribution in [-0.2, 0) is 24.8 Å². The van der Waals surface area contributed by atoms with Crippen molar-refractivity contribution in [2.24, 2.45) is 5.14 Å². The maximum Gasteiger partial charge on any atom is 0.274 e. The SMILES string of the molecule is Cl.NS(=O)(=O)c1cc2c(s1)S(=O)(=O)N(C/C=C/CN1CCOCC1)C=C2. The number of thiophene rings is 1. The molecular formula is C14H20ClN3O5S3. The summed E-state index contributed by atoms with van der Waals surface area (Å²) in [6.45, 7) is 4.07. The van der Waals surface area contributed by atoms with Gasteiger partial charge >= 0.3 is 0 Å². The maximum absolute atomic E-state index is 12.6. The molecule has 0 radical (unpaired) electrons. The fourth-order valence-electron chi connectivity index (χ4n) is 2.52. The van der Waals surface area contributed by atoms with E-state index in [0.29, 0.717) is 30.1 Å². The minimum Gasteiger partial charge on any atom is -0.379 e. The summed E-state index contributed by atoms with van der Waals surface area (Å²) < 4.78 is 54.4. The van der Waals surface area contributed by atoms with Crippen molar-refractivity contribution in [3.8, 4) is 0 Å². The highest BCUT2D eigenvalue weighted by molar-refractivity contribution is 7.94. The van der Waals surface area contributed by atoms with Crippen LogP contribution >= 0.6 is 23.7 Å². The molecule has 146 valence electrons. The van der Waals surface area contributed by atoms with Crippen LogP contribution in [0.4, 0.5) is 0 Å². The van der Waals surface area contributed by atoms with Gasteiger partial charge in [-0.2, -0.15) is 0 Å². The van der Waals surface area contributed by atoms with Gasteiger partial charge < -0.3 is 4.74 Å². The van der Waals surface area contributed by atoms with Gasteiger partial charge in [-0.1, -0.05) is 12.2 Å². The standard InChI is InChI=1S/C14H19N3O5S3.ClH/c15-24(18,19)13-11-12-3-6-17(25(20,21)14(12)23-13)5-2-1-4-16-7-9-22-10-8-16;/h1-3,6,11H,4-5,7-10H2,(H2,15,18,19);1H/b2-1+;. The third-order valence-corrected chi connectivity index (χ3v) is 8.71. The number of halogens is 1. The number of primary sulfonamides is 1. The van der Waals surface area contributed by atoms with Gasteiger partial charge in [0.2, 0.25) is 10.0 Å². The monoisotopic (exact) mass is 441 g/mol. The first-order chi connectivity index (χ1) is 11.8. The van der Waals surface area contributed by atoms with Crippen molar-refractivity contribution in [1.29, 1.82) is 0 Å². The zero-order valence-electron chi connectivity index (χ0n) is 13.8. The first-order valence-corrected chi connectivity index (χ1v) is 11.4. The van der Waals surface area contributed by atoms with E-state index < -0.39 is 20.0 Å². The van der Waals surface area contributed by atoms with Gasteiger partial charge in [-0.05, 0) is 12.1 Å². The molecule has 2 aliphatic heterocycles. The van der Waals surface area contributed by atoms with Crippen molar-refractivity contribution in [1.82, 2.24) is 9.21 Å². The van der Waals surface area contributed by atoms with Crippen LogP contribution in [0.1, 0.15) is 5.56 Å². The van der Waals surface area contributed by atoms with E-state index in [4.69, 9.17) is 9.88 Å². The number of hydrogen-bond donors (Lipinski definition) is 1. The van der Waals surface area contributed by atoms with E-state index in [1.54, 1.807) is 12.2 Å². The Hall–Kier alpha value is -0.950. The molecule has 1 aromatic heterocycles. The molecule has 0 bridgehead atoms. The molecular weight excluding hydrogens is 422 g/mol. The van der Waals surface area contributed by atoms with Crippen molar-refractivity contribution in [2.75, 3.05) is 39.4 Å². The summed E-state index contributed by atoms with van der Waals surface area (Å²) in [4.78, 5) is 2.22. The predicted molar refractivity (Wildman–Crippen MR) is 102 cm³/mol. The van der Waals surface area contributed by atoms with E-state index in [1.165, 1.54) is 16.6 Å². The zero-order chi connectivity index (χ0) is 18.1. The smallest absolute Gasteiger partial charge is 0.274 e. The average Bonchev–Trinajstić information content (AvgIpc) is 3.00. The molecule has 12 heteroatoms. The van der Waals surface area contributed by atoms with Gasteiger partial charge in [0.1, 0.15) is 8.42 Å². The molecule has 1 fully saturated rings. The van der Waals surface area contributed by atoms with Crippen LogP contribution in [0.25, 0.3) is 6.08 Å². The first kappa shape index (κ1) is 21.4. The van der Waals surface area contributed by atoms with Gasteiger partial charge in [0.25, 0.3) is 10.0 Å². The Labute approximate surface area is 163 Å². The molecule has 3 rings (SSSR count). The predicted octanol–water partition coefficient (Wildman–Crippen LogP) is 0.681. The van der Waals surface area contributed by atoms with Crippen LogP contribution in [0.2, 0.25) is 0 Å². The van der Waals surface area contributed by atoms with Gasteiger partial charge in [-0.15, -0.1) is 23.7 Å². The van der Waals surface area contributed by atoms with Crippen molar-refractivity contribution in [3.05, 3.63) is 30.0 Å². The molecule has 0 unspecified atom stereocenters. The zero-order valence-corrected chi connectivity index (χ0v) is 17.0. The number of nitrogens with two attached hydrogens (primary N) is 1. The lowest BCUT2D eigenvalue weighted by Crippen LogP contribution is -2.36. The minimum absolute atomic E-state index is 0. The highest BCUT2D eigenvalue weighted by Gasteiger charge is 2.31. The number of nitrogens with zero attached hydrogens (tertiary/aromatic N) is 2. The molecule has 0 atom stereocenters. The number of morpholine rings is 1. The van der Waals surface area contributed by atoms with E-state index in [1.807, 2.05) is 6.08 Å². The van der Waals surface area contributed by atoms with E-state index in [9.17, 15) is 16.8 Å². The Bertz CT molecular complexity index is 902. The molecule has 0 aliphatic carbocycles. The Balaban J connectivity index is 0.00000243. The summed E-state index contributed by atoms with van der Waals surface area (Å²) in [5, 5.41) is 5.09. The summed E-state index contributed by atoms with van der Waals surface area (Å²) in [5.74, 6) is 0. The second-order valence-electron chi connectivity index (χ2n) is 5.63. The lowest BCUT2D eigenvalue weighted by molar-refractivity contribution is 0.0434. The van der Waals surface area contributed by atoms with Crippen LogP contribution in [0, 0.1) is 0 Å². The van der Waals surface area contributed by atoms with Gasteiger partial charge in [0.05, 0.1) is 19.8 Å². The molecule has 0 aromatic carbocycles. The van der Waals surface area contributed by atoms with E-state index in [0.717, 1.165) is 19.6 Å². The normalized spacial score (nSPS) is 20.1. The molecule has 2 N–H and O–H groups in total. The number of sulfonamides is 2. The van der Waals surface area contributed by atoms with Crippen LogP contribution in [-0.4, -0.2) is 65.4 Å². The van der Waals surface area contributed by atoms with Gasteiger partial charge in [0.15, 0.2) is 0 Å². The van der Waals surface area contributed by atoms with Crippen LogP contribution < -0.4 is 5.14 Å². The summed E-state index contributed by atoms with van der Waals surface area (Å²) in [7, 11) is -7.69. The number of fused-ring (bicyclic) bond motifs is 1. The Morgan fingerprint density at radius 1 is 1.23 bits per heavy atom. The summed E-state index contributed by atoms with van der Waals surface area (Å²) in [6.07, 6.45) is 6.73. The molecule has 26 heavy (non-hydrogen) atoms. The third-order valence-electron chi connectivity index (χ3n) is 3.87. The molecule has 1 saturated heterocycles. The van der Waals surface area contributed by atoms with Crippen LogP contribution in [0.3, 0.4) is 0 Å². The van der Waals surface area contributed by atoms with Crippen LogP contribution in [0.5, 0.6) is 0 Å². The van der Waals surface area contributed by atoms with Gasteiger partial charge in [0, 0.05) is 31.4 Å². The van der Waals surface area contributed by atoms with Gasteiger partial charge in [-0.3, -0.25) is 9.21 Å². The van der Waals surface area contributed by atoms with Crippen LogP contribution in [0.15, 0.2) is 32.8 Å². The van der Waals surface area contributed by atoms with Crippen molar-refractivity contribution >= 4 is 49.9 Å². The van der Waals surface area contributed by atoms with Crippen molar-refractivity contribution in [3.63, 3.8) is 0 Å². The fraction of sp³-hybridized carbons (Fsp3) is 0.429. The van der Waals surface area contributed by atoms with Crippen molar-refractivity contribution in [2.45, 2.75) is 8.42 Å². The van der Waals surface area contributed by atoms with Gasteiger partial charge in [-0.25, -0.2) is 22.0 Å². The lowest BCUT2D eigenvalue weighted by atomic mass is 10.3. The average molecular weight is 442 g/mol. The van der Waals surface area contributed by atoms with E-state index >= 15 is 0 Å². The summed E-state index contributed by atoms with van der Waals surface area (Å²) >= 11 is 0.675. The molecule has 0 saturated carbocycles. The fourth-order valence-corrected chi connectivity index (χ4v) is 6.41.